The van der Waals surface area contributed by atoms with E-state index in [-0.39, 0.29) is 17.4 Å². The van der Waals surface area contributed by atoms with Crippen molar-refractivity contribution < 1.29 is 9.53 Å². The first-order valence-electron chi connectivity index (χ1n) is 9.05. The van der Waals surface area contributed by atoms with Crippen molar-refractivity contribution in [3.63, 3.8) is 0 Å². The Morgan fingerprint density at radius 1 is 1.19 bits per heavy atom. The van der Waals surface area contributed by atoms with Gasteiger partial charge in [-0.05, 0) is 32.0 Å². The zero-order valence-electron chi connectivity index (χ0n) is 16.7. The third-order valence-electron chi connectivity index (χ3n) is 4.21. The SMILES string of the molecule is COc1cccc(-c2cc(C(=O)NC(C)C)n3nc(C(C)(C)C)cc3n2)c1. The highest BCUT2D eigenvalue weighted by atomic mass is 16.5. The third-order valence-corrected chi connectivity index (χ3v) is 4.21. The van der Waals surface area contributed by atoms with E-state index in [0.29, 0.717) is 17.0 Å². The van der Waals surface area contributed by atoms with Crippen LogP contribution in [0.5, 0.6) is 5.75 Å². The van der Waals surface area contributed by atoms with E-state index in [2.05, 4.69) is 31.2 Å². The van der Waals surface area contributed by atoms with Crippen LogP contribution < -0.4 is 10.1 Å². The maximum Gasteiger partial charge on any atom is 0.270 e. The first-order valence-corrected chi connectivity index (χ1v) is 9.05. The average Bonchev–Trinajstić information content (AvgIpc) is 3.04. The Labute approximate surface area is 159 Å². The molecule has 6 heteroatoms. The summed E-state index contributed by atoms with van der Waals surface area (Å²) in [6.07, 6.45) is 0. The lowest BCUT2D eigenvalue weighted by Gasteiger charge is -2.14. The summed E-state index contributed by atoms with van der Waals surface area (Å²) in [4.78, 5) is 17.6. The summed E-state index contributed by atoms with van der Waals surface area (Å²) in [5.41, 5.74) is 3.44. The van der Waals surface area contributed by atoms with Crippen LogP contribution in [-0.2, 0) is 5.41 Å². The fourth-order valence-electron chi connectivity index (χ4n) is 2.77. The van der Waals surface area contributed by atoms with Crippen LogP contribution in [0.1, 0.15) is 50.8 Å². The Balaban J connectivity index is 2.22. The maximum absolute atomic E-state index is 12.8. The molecule has 0 bridgehead atoms. The molecule has 6 nitrogen and oxygen atoms in total. The highest BCUT2D eigenvalue weighted by Gasteiger charge is 2.22. The second-order valence-corrected chi connectivity index (χ2v) is 7.94. The van der Waals surface area contributed by atoms with Crippen LogP contribution in [0, 0.1) is 0 Å². The summed E-state index contributed by atoms with van der Waals surface area (Å²) in [7, 11) is 1.63. The molecule has 1 aromatic carbocycles. The van der Waals surface area contributed by atoms with Crippen molar-refractivity contribution in [2.45, 2.75) is 46.1 Å². The van der Waals surface area contributed by atoms with Gasteiger partial charge in [0.05, 0.1) is 18.5 Å². The molecule has 1 N–H and O–H groups in total. The van der Waals surface area contributed by atoms with Crippen molar-refractivity contribution in [1.29, 1.82) is 0 Å². The first kappa shape index (κ1) is 18.9. The van der Waals surface area contributed by atoms with Crippen LogP contribution in [0.25, 0.3) is 16.9 Å². The highest BCUT2D eigenvalue weighted by Crippen LogP contribution is 2.26. The van der Waals surface area contributed by atoms with Gasteiger partial charge in [-0.1, -0.05) is 32.9 Å². The molecule has 0 atom stereocenters. The molecule has 0 radical (unpaired) electrons. The molecule has 2 aromatic heterocycles. The van der Waals surface area contributed by atoms with Crippen molar-refractivity contribution in [2.75, 3.05) is 7.11 Å². The minimum absolute atomic E-state index is 0.0265. The van der Waals surface area contributed by atoms with Crippen LogP contribution in [0.4, 0.5) is 0 Å². The van der Waals surface area contributed by atoms with Gasteiger partial charge >= 0.3 is 0 Å². The topological polar surface area (TPSA) is 68.5 Å². The molecule has 0 saturated carbocycles. The van der Waals surface area contributed by atoms with E-state index in [1.807, 2.05) is 44.2 Å². The molecular formula is C21H26N4O2. The van der Waals surface area contributed by atoms with E-state index in [4.69, 9.17) is 9.72 Å². The minimum atomic E-state index is -0.176. The molecule has 0 spiro atoms. The standard InChI is InChI=1S/C21H26N4O2/c1-13(2)22-20(26)17-11-16(14-8-7-9-15(10-14)27-6)23-19-12-18(21(3,4)5)24-25(17)19/h7-13H,1-6H3,(H,22,26). The molecule has 27 heavy (non-hydrogen) atoms. The van der Waals surface area contributed by atoms with Crippen LogP contribution in [-0.4, -0.2) is 33.7 Å². The number of fused-ring (bicyclic) bond motifs is 1. The smallest absolute Gasteiger partial charge is 0.270 e. The van der Waals surface area contributed by atoms with E-state index < -0.39 is 0 Å². The summed E-state index contributed by atoms with van der Waals surface area (Å²) in [5.74, 6) is 0.566. The highest BCUT2D eigenvalue weighted by molar-refractivity contribution is 5.94. The van der Waals surface area contributed by atoms with Crippen molar-refractivity contribution in [3.05, 3.63) is 47.8 Å². The van der Waals surface area contributed by atoms with Gasteiger partial charge in [0.1, 0.15) is 11.4 Å². The molecule has 142 valence electrons. The normalized spacial score (nSPS) is 11.8. The number of aromatic nitrogens is 3. The molecule has 3 rings (SSSR count). The second kappa shape index (κ2) is 7.02. The monoisotopic (exact) mass is 366 g/mol. The average molecular weight is 366 g/mol. The van der Waals surface area contributed by atoms with Gasteiger partial charge in [-0.25, -0.2) is 9.50 Å². The summed E-state index contributed by atoms with van der Waals surface area (Å²) >= 11 is 0. The molecule has 3 aromatic rings. The summed E-state index contributed by atoms with van der Waals surface area (Å²) in [6, 6.07) is 11.4. The van der Waals surface area contributed by atoms with Crippen LogP contribution >= 0.6 is 0 Å². The lowest BCUT2D eigenvalue weighted by Crippen LogP contribution is -2.32. The quantitative estimate of drug-likeness (QED) is 0.762. The van der Waals surface area contributed by atoms with Crippen molar-refractivity contribution in [3.8, 4) is 17.0 Å². The van der Waals surface area contributed by atoms with Crippen LogP contribution in [0.15, 0.2) is 36.4 Å². The van der Waals surface area contributed by atoms with E-state index in [1.165, 1.54) is 0 Å². The zero-order valence-corrected chi connectivity index (χ0v) is 16.7. The Morgan fingerprint density at radius 2 is 1.93 bits per heavy atom. The number of carbonyl (C=O) groups excluding carboxylic acids is 1. The Kier molecular flexibility index (Phi) is 4.91. The number of benzene rings is 1. The molecule has 0 aliphatic rings. The molecule has 0 aliphatic carbocycles. The lowest BCUT2D eigenvalue weighted by atomic mass is 9.93. The van der Waals surface area contributed by atoms with Gasteiger partial charge in [0.15, 0.2) is 5.65 Å². The van der Waals surface area contributed by atoms with Crippen LogP contribution in [0.2, 0.25) is 0 Å². The molecule has 1 amide bonds. The van der Waals surface area contributed by atoms with E-state index in [9.17, 15) is 4.79 Å². The van der Waals surface area contributed by atoms with Gasteiger partial charge in [-0.2, -0.15) is 5.10 Å². The van der Waals surface area contributed by atoms with Gasteiger partial charge in [0.2, 0.25) is 0 Å². The predicted molar refractivity (Wildman–Crippen MR) is 106 cm³/mol. The molecular weight excluding hydrogens is 340 g/mol. The predicted octanol–water partition coefficient (Wildman–Crippen LogP) is 3.84. The number of methoxy groups -OCH3 is 1. The minimum Gasteiger partial charge on any atom is -0.497 e. The first-order chi connectivity index (χ1) is 12.7. The van der Waals surface area contributed by atoms with Crippen LogP contribution in [0.3, 0.4) is 0 Å². The van der Waals surface area contributed by atoms with Crippen molar-refractivity contribution >= 4 is 11.6 Å². The number of rotatable bonds is 4. The number of hydrogen-bond acceptors (Lipinski definition) is 4. The second-order valence-electron chi connectivity index (χ2n) is 7.94. The Morgan fingerprint density at radius 3 is 2.56 bits per heavy atom. The zero-order chi connectivity index (χ0) is 19.8. The van der Waals surface area contributed by atoms with Crippen molar-refractivity contribution in [1.82, 2.24) is 19.9 Å². The number of carbonyl (C=O) groups is 1. The van der Waals surface area contributed by atoms with E-state index in [0.717, 1.165) is 17.0 Å². The molecule has 0 unspecified atom stereocenters. The number of ether oxygens (including phenoxy) is 1. The summed E-state index contributed by atoms with van der Waals surface area (Å²) < 4.78 is 6.95. The number of hydrogen-bond donors (Lipinski definition) is 1. The number of amides is 1. The van der Waals surface area contributed by atoms with Gasteiger partial charge < -0.3 is 10.1 Å². The molecule has 0 saturated heterocycles. The van der Waals surface area contributed by atoms with E-state index >= 15 is 0 Å². The summed E-state index contributed by atoms with van der Waals surface area (Å²) in [5, 5.41) is 7.60. The van der Waals surface area contributed by atoms with Gasteiger partial charge in [-0.15, -0.1) is 0 Å². The lowest BCUT2D eigenvalue weighted by molar-refractivity contribution is 0.0935. The van der Waals surface area contributed by atoms with Gasteiger partial charge in [0, 0.05) is 23.1 Å². The number of nitrogens with zero attached hydrogens (tertiary/aromatic N) is 3. The maximum atomic E-state index is 12.8. The van der Waals surface area contributed by atoms with Gasteiger partial charge in [-0.3, -0.25) is 4.79 Å². The molecule has 2 heterocycles. The Bertz CT molecular complexity index is 984. The third kappa shape index (κ3) is 3.94. The summed E-state index contributed by atoms with van der Waals surface area (Å²) in [6.45, 7) is 10.1. The number of nitrogens with one attached hydrogen (secondary N) is 1. The molecule has 0 fully saturated rings. The fourth-order valence-corrected chi connectivity index (χ4v) is 2.77. The van der Waals surface area contributed by atoms with Crippen molar-refractivity contribution in [2.24, 2.45) is 0 Å². The molecule has 0 aliphatic heterocycles. The van der Waals surface area contributed by atoms with E-state index in [1.54, 1.807) is 17.7 Å². The largest absolute Gasteiger partial charge is 0.497 e. The fraction of sp³-hybridized carbons (Fsp3) is 0.381. The Hall–Kier alpha value is -2.89. The van der Waals surface area contributed by atoms with Gasteiger partial charge in [0.25, 0.3) is 5.91 Å².